The van der Waals surface area contributed by atoms with Gasteiger partial charge in [-0.05, 0) is 26.1 Å². The molecule has 4 nitrogen and oxygen atoms in total. The minimum absolute atomic E-state index is 0.815. The Hall–Kier alpha value is -1.10. The Morgan fingerprint density at radius 2 is 1.76 bits per heavy atom. The Balaban J connectivity index is 1.63. The number of rotatable bonds is 8. The van der Waals surface area contributed by atoms with Crippen LogP contribution in [0.2, 0.25) is 0 Å². The van der Waals surface area contributed by atoms with E-state index in [0.29, 0.717) is 0 Å². The first-order valence-electron chi connectivity index (χ1n) is 8.08. The van der Waals surface area contributed by atoms with Crippen LogP contribution in [0.15, 0.2) is 30.3 Å². The highest BCUT2D eigenvalue weighted by molar-refractivity contribution is 5.46. The monoisotopic (exact) mass is 291 g/mol. The lowest BCUT2D eigenvalue weighted by Gasteiger charge is -2.36. The van der Waals surface area contributed by atoms with Gasteiger partial charge in [-0.15, -0.1) is 0 Å². The van der Waals surface area contributed by atoms with E-state index in [4.69, 9.17) is 4.74 Å². The highest BCUT2D eigenvalue weighted by Gasteiger charge is 2.16. The van der Waals surface area contributed by atoms with Crippen LogP contribution < -0.4 is 4.90 Å². The van der Waals surface area contributed by atoms with Crippen molar-refractivity contribution in [1.82, 2.24) is 9.80 Å². The zero-order valence-corrected chi connectivity index (χ0v) is 13.5. The SMILES string of the molecule is CCOCCN(C)CCN1CCN(c2ccccc2)CC1. The third-order valence-electron chi connectivity index (χ3n) is 4.11. The summed E-state index contributed by atoms with van der Waals surface area (Å²) in [6.45, 7) is 11.6. The molecule has 0 aromatic heterocycles. The third kappa shape index (κ3) is 5.65. The van der Waals surface area contributed by atoms with Crippen LogP contribution in [0.4, 0.5) is 5.69 Å². The molecule has 0 saturated carbocycles. The topological polar surface area (TPSA) is 19.0 Å². The number of ether oxygens (including phenoxy) is 1. The summed E-state index contributed by atoms with van der Waals surface area (Å²) in [4.78, 5) is 7.41. The molecule has 2 rings (SSSR count). The maximum atomic E-state index is 5.40. The number of piperazine rings is 1. The Bertz CT molecular complexity index is 377. The van der Waals surface area contributed by atoms with Gasteiger partial charge in [-0.2, -0.15) is 0 Å². The fourth-order valence-corrected chi connectivity index (χ4v) is 2.66. The zero-order chi connectivity index (χ0) is 14.9. The lowest BCUT2D eigenvalue weighted by Crippen LogP contribution is -2.48. The molecule has 0 amide bonds. The molecule has 118 valence electrons. The summed E-state index contributed by atoms with van der Waals surface area (Å²) >= 11 is 0. The molecule has 0 radical (unpaired) electrons. The van der Waals surface area contributed by atoms with Crippen molar-refractivity contribution < 1.29 is 4.74 Å². The molecule has 1 aromatic carbocycles. The molecule has 0 bridgehead atoms. The van der Waals surface area contributed by atoms with Crippen molar-refractivity contribution >= 4 is 5.69 Å². The molecular weight excluding hydrogens is 262 g/mol. The van der Waals surface area contributed by atoms with Crippen LogP contribution >= 0.6 is 0 Å². The van der Waals surface area contributed by atoms with Crippen LogP contribution in [0.25, 0.3) is 0 Å². The van der Waals surface area contributed by atoms with E-state index in [-0.39, 0.29) is 0 Å². The van der Waals surface area contributed by atoms with E-state index in [1.807, 2.05) is 6.92 Å². The second-order valence-corrected chi connectivity index (χ2v) is 5.66. The summed E-state index contributed by atoms with van der Waals surface area (Å²) in [6, 6.07) is 10.7. The van der Waals surface area contributed by atoms with Crippen molar-refractivity contribution in [3.8, 4) is 0 Å². The third-order valence-corrected chi connectivity index (χ3v) is 4.11. The molecule has 0 unspecified atom stereocenters. The first-order valence-corrected chi connectivity index (χ1v) is 8.08. The maximum absolute atomic E-state index is 5.40. The molecule has 1 aromatic rings. The van der Waals surface area contributed by atoms with Crippen LogP contribution in [0.3, 0.4) is 0 Å². The van der Waals surface area contributed by atoms with Gasteiger partial charge < -0.3 is 14.5 Å². The van der Waals surface area contributed by atoms with Gasteiger partial charge in [-0.3, -0.25) is 4.90 Å². The Kier molecular flexibility index (Phi) is 7.00. The van der Waals surface area contributed by atoms with E-state index in [1.54, 1.807) is 0 Å². The van der Waals surface area contributed by atoms with Gasteiger partial charge in [0.1, 0.15) is 0 Å². The van der Waals surface area contributed by atoms with Gasteiger partial charge in [0.2, 0.25) is 0 Å². The van der Waals surface area contributed by atoms with Crippen LogP contribution in [0.5, 0.6) is 0 Å². The predicted octanol–water partition coefficient (Wildman–Crippen LogP) is 1.78. The molecule has 4 heteroatoms. The predicted molar refractivity (Wildman–Crippen MR) is 89.1 cm³/mol. The molecule has 1 aliphatic rings. The van der Waals surface area contributed by atoms with E-state index < -0.39 is 0 Å². The van der Waals surface area contributed by atoms with E-state index >= 15 is 0 Å². The summed E-state index contributed by atoms with van der Waals surface area (Å²) in [5.41, 5.74) is 1.35. The number of nitrogens with zero attached hydrogens (tertiary/aromatic N) is 3. The van der Waals surface area contributed by atoms with Gasteiger partial charge in [0.05, 0.1) is 6.61 Å². The summed E-state index contributed by atoms with van der Waals surface area (Å²) in [5.74, 6) is 0. The molecule has 1 heterocycles. The smallest absolute Gasteiger partial charge is 0.0593 e. The number of benzene rings is 1. The molecule has 21 heavy (non-hydrogen) atoms. The summed E-state index contributed by atoms with van der Waals surface area (Å²) in [6.07, 6.45) is 0. The molecule has 1 fully saturated rings. The molecule has 0 aliphatic carbocycles. The number of hydrogen-bond acceptors (Lipinski definition) is 4. The molecular formula is C17H29N3O. The number of hydrogen-bond donors (Lipinski definition) is 0. The van der Waals surface area contributed by atoms with E-state index in [2.05, 4.69) is 52.1 Å². The van der Waals surface area contributed by atoms with Crippen LogP contribution in [-0.4, -0.2) is 75.9 Å². The maximum Gasteiger partial charge on any atom is 0.0593 e. The van der Waals surface area contributed by atoms with E-state index in [9.17, 15) is 0 Å². The van der Waals surface area contributed by atoms with Gasteiger partial charge in [0, 0.05) is 58.1 Å². The minimum atomic E-state index is 0.815. The number of likely N-dealkylation sites (N-methyl/N-ethyl adjacent to an activating group) is 1. The van der Waals surface area contributed by atoms with Crippen molar-refractivity contribution in [3.63, 3.8) is 0 Å². The van der Waals surface area contributed by atoms with Crippen molar-refractivity contribution in [1.29, 1.82) is 0 Å². The normalized spacial score (nSPS) is 16.6. The standard InChI is InChI=1S/C17H29N3O/c1-3-21-16-15-18(2)9-10-19-11-13-20(14-12-19)17-7-5-4-6-8-17/h4-8H,3,9-16H2,1-2H3. The fourth-order valence-electron chi connectivity index (χ4n) is 2.66. The van der Waals surface area contributed by atoms with Crippen molar-refractivity contribution in [2.45, 2.75) is 6.92 Å². The van der Waals surface area contributed by atoms with Gasteiger partial charge >= 0.3 is 0 Å². The van der Waals surface area contributed by atoms with Crippen molar-refractivity contribution in [2.75, 3.05) is 71.0 Å². The summed E-state index contributed by atoms with van der Waals surface area (Å²) in [5, 5.41) is 0. The van der Waals surface area contributed by atoms with E-state index in [1.165, 1.54) is 5.69 Å². The van der Waals surface area contributed by atoms with Crippen molar-refractivity contribution in [3.05, 3.63) is 30.3 Å². The van der Waals surface area contributed by atoms with Gasteiger partial charge in [0.15, 0.2) is 0 Å². The first-order chi connectivity index (χ1) is 10.3. The highest BCUT2D eigenvalue weighted by Crippen LogP contribution is 2.15. The van der Waals surface area contributed by atoms with Gasteiger partial charge in [0.25, 0.3) is 0 Å². The lowest BCUT2D eigenvalue weighted by atomic mass is 10.2. The second kappa shape index (κ2) is 9.03. The molecule has 1 aliphatic heterocycles. The van der Waals surface area contributed by atoms with Gasteiger partial charge in [-0.1, -0.05) is 18.2 Å². The summed E-state index contributed by atoms with van der Waals surface area (Å²) in [7, 11) is 2.18. The van der Waals surface area contributed by atoms with Crippen LogP contribution in [0.1, 0.15) is 6.92 Å². The van der Waals surface area contributed by atoms with Crippen LogP contribution in [0, 0.1) is 0 Å². The Labute approximate surface area is 129 Å². The summed E-state index contributed by atoms with van der Waals surface area (Å²) < 4.78 is 5.40. The molecule has 0 atom stereocenters. The minimum Gasteiger partial charge on any atom is -0.380 e. The average molecular weight is 291 g/mol. The lowest BCUT2D eigenvalue weighted by molar-refractivity contribution is 0.116. The zero-order valence-electron chi connectivity index (χ0n) is 13.5. The van der Waals surface area contributed by atoms with Gasteiger partial charge in [-0.25, -0.2) is 0 Å². The second-order valence-electron chi connectivity index (χ2n) is 5.66. The van der Waals surface area contributed by atoms with Crippen molar-refractivity contribution in [2.24, 2.45) is 0 Å². The average Bonchev–Trinajstić information content (AvgIpc) is 2.54. The number of para-hydroxylation sites is 1. The molecule has 1 saturated heterocycles. The fraction of sp³-hybridized carbons (Fsp3) is 0.647. The molecule has 0 N–H and O–H groups in total. The highest BCUT2D eigenvalue weighted by atomic mass is 16.5. The molecule has 0 spiro atoms. The largest absolute Gasteiger partial charge is 0.380 e. The van der Waals surface area contributed by atoms with E-state index in [0.717, 1.165) is 59.0 Å². The quantitative estimate of drug-likeness (QED) is 0.680. The Morgan fingerprint density at radius 1 is 1.05 bits per heavy atom. The van der Waals surface area contributed by atoms with Crippen LogP contribution in [-0.2, 0) is 4.74 Å². The Morgan fingerprint density at radius 3 is 2.43 bits per heavy atom. The number of anilines is 1. The first kappa shape index (κ1) is 16.3.